The molecule has 5 nitrogen and oxygen atoms in total. The van der Waals surface area contributed by atoms with E-state index in [0.717, 1.165) is 11.3 Å². The van der Waals surface area contributed by atoms with Gasteiger partial charge in [0.15, 0.2) is 0 Å². The van der Waals surface area contributed by atoms with Crippen molar-refractivity contribution in [1.82, 2.24) is 10.2 Å². The molecule has 3 aromatic rings. The summed E-state index contributed by atoms with van der Waals surface area (Å²) >= 11 is 3.24. The molecule has 0 saturated heterocycles. The molecule has 0 bridgehead atoms. The van der Waals surface area contributed by atoms with Gasteiger partial charge in [0.1, 0.15) is 11.5 Å². The molecule has 0 spiro atoms. The molecule has 0 aliphatic rings. The van der Waals surface area contributed by atoms with E-state index in [1.54, 1.807) is 32.0 Å². The number of benzene rings is 2. The van der Waals surface area contributed by atoms with Gasteiger partial charge in [-0.25, -0.2) is 0 Å². The van der Waals surface area contributed by atoms with Gasteiger partial charge in [0.05, 0.1) is 19.8 Å². The molecule has 2 aromatic carbocycles. The summed E-state index contributed by atoms with van der Waals surface area (Å²) in [6.45, 7) is 0. The molecule has 0 atom stereocenters. The highest BCUT2D eigenvalue weighted by Gasteiger charge is 2.15. The maximum absolute atomic E-state index is 5.77. The number of nitrogens with zero attached hydrogens (tertiary/aromatic N) is 2. The van der Waals surface area contributed by atoms with E-state index in [-0.39, 0.29) is 0 Å². The first kappa shape index (κ1) is 17.7. The monoisotopic (exact) mass is 374 g/mol. The van der Waals surface area contributed by atoms with Crippen molar-refractivity contribution in [2.75, 3.05) is 20.5 Å². The lowest BCUT2D eigenvalue weighted by Crippen LogP contribution is -1.90. The Kier molecular flexibility index (Phi) is 5.88. The highest BCUT2D eigenvalue weighted by atomic mass is 32.2. The molecular weight excluding hydrogens is 356 g/mol. The zero-order valence-electron chi connectivity index (χ0n) is 14.2. The molecule has 3 rings (SSSR count). The summed E-state index contributed by atoms with van der Waals surface area (Å²) < 4.78 is 16.4. The fourth-order valence-corrected chi connectivity index (χ4v) is 3.35. The third-order valence-corrected chi connectivity index (χ3v) is 5.20. The quantitative estimate of drug-likeness (QED) is 0.552. The lowest BCUT2D eigenvalue weighted by molar-refractivity contribution is 0.393. The van der Waals surface area contributed by atoms with Gasteiger partial charge in [-0.05, 0) is 36.1 Å². The standard InChI is InChI=1S/C18H18N2O3S2/c1-21-13-6-9-15(16(10-13)22-2)17-19-20-18(23-17)25-11-12-4-7-14(24-3)8-5-12/h4-10H,11H2,1-3H3. The number of aromatic nitrogens is 2. The van der Waals surface area contributed by atoms with Crippen LogP contribution in [0, 0.1) is 0 Å². The molecule has 1 heterocycles. The van der Waals surface area contributed by atoms with Crippen molar-refractivity contribution >= 4 is 23.5 Å². The fraction of sp³-hybridized carbons (Fsp3) is 0.222. The van der Waals surface area contributed by atoms with Crippen molar-refractivity contribution in [3.8, 4) is 23.0 Å². The van der Waals surface area contributed by atoms with E-state index >= 15 is 0 Å². The topological polar surface area (TPSA) is 57.4 Å². The number of rotatable bonds is 7. The number of thioether (sulfide) groups is 2. The van der Waals surface area contributed by atoms with Crippen LogP contribution in [0.1, 0.15) is 5.56 Å². The summed E-state index contributed by atoms with van der Waals surface area (Å²) in [5, 5.41) is 8.77. The Morgan fingerprint density at radius 1 is 1.00 bits per heavy atom. The molecule has 0 amide bonds. The molecular formula is C18H18N2O3S2. The van der Waals surface area contributed by atoms with Gasteiger partial charge < -0.3 is 13.9 Å². The Morgan fingerprint density at radius 3 is 2.48 bits per heavy atom. The molecule has 0 radical (unpaired) electrons. The fourth-order valence-electron chi connectivity index (χ4n) is 2.22. The molecule has 0 unspecified atom stereocenters. The van der Waals surface area contributed by atoms with E-state index in [2.05, 4.69) is 40.7 Å². The van der Waals surface area contributed by atoms with Crippen LogP contribution < -0.4 is 9.47 Å². The first-order valence-electron chi connectivity index (χ1n) is 7.55. The predicted octanol–water partition coefficient (Wildman–Crippen LogP) is 4.77. The average molecular weight is 374 g/mol. The van der Waals surface area contributed by atoms with Gasteiger partial charge in [-0.15, -0.1) is 22.0 Å². The van der Waals surface area contributed by atoms with Crippen molar-refractivity contribution < 1.29 is 13.9 Å². The molecule has 0 aliphatic carbocycles. The van der Waals surface area contributed by atoms with E-state index in [9.17, 15) is 0 Å². The van der Waals surface area contributed by atoms with Crippen LogP contribution in [0.15, 0.2) is 57.0 Å². The van der Waals surface area contributed by atoms with Crippen molar-refractivity contribution in [2.24, 2.45) is 0 Å². The number of hydrogen-bond acceptors (Lipinski definition) is 7. The second kappa shape index (κ2) is 8.31. The first-order valence-corrected chi connectivity index (χ1v) is 9.76. The molecule has 25 heavy (non-hydrogen) atoms. The smallest absolute Gasteiger partial charge is 0.277 e. The van der Waals surface area contributed by atoms with Gasteiger partial charge in [-0.3, -0.25) is 0 Å². The number of methoxy groups -OCH3 is 2. The van der Waals surface area contributed by atoms with E-state index in [4.69, 9.17) is 13.9 Å². The van der Waals surface area contributed by atoms with Crippen molar-refractivity contribution in [2.45, 2.75) is 15.9 Å². The van der Waals surface area contributed by atoms with Crippen LogP contribution in [-0.2, 0) is 5.75 Å². The van der Waals surface area contributed by atoms with Gasteiger partial charge >= 0.3 is 0 Å². The summed E-state index contributed by atoms with van der Waals surface area (Å²) in [6, 6.07) is 13.9. The average Bonchev–Trinajstić information content (AvgIpc) is 3.15. The number of hydrogen-bond donors (Lipinski definition) is 0. The number of ether oxygens (including phenoxy) is 2. The third-order valence-electron chi connectivity index (χ3n) is 3.57. The largest absolute Gasteiger partial charge is 0.497 e. The molecule has 0 fully saturated rings. The van der Waals surface area contributed by atoms with Gasteiger partial charge in [-0.1, -0.05) is 23.9 Å². The Morgan fingerprint density at radius 2 is 1.80 bits per heavy atom. The lowest BCUT2D eigenvalue weighted by Gasteiger charge is -2.07. The van der Waals surface area contributed by atoms with E-state index in [1.165, 1.54) is 22.2 Å². The highest BCUT2D eigenvalue weighted by molar-refractivity contribution is 7.98. The van der Waals surface area contributed by atoms with E-state index < -0.39 is 0 Å². The SMILES string of the molecule is COc1ccc(-c2nnc(SCc3ccc(SC)cc3)o2)c(OC)c1. The van der Waals surface area contributed by atoms with Crippen LogP contribution in [0.3, 0.4) is 0 Å². The molecule has 0 N–H and O–H groups in total. The lowest BCUT2D eigenvalue weighted by atomic mass is 10.2. The first-order chi connectivity index (χ1) is 12.2. The van der Waals surface area contributed by atoms with E-state index in [1.807, 2.05) is 12.1 Å². The van der Waals surface area contributed by atoms with Crippen LogP contribution in [0.5, 0.6) is 11.5 Å². The van der Waals surface area contributed by atoms with Crippen LogP contribution in [0.4, 0.5) is 0 Å². The van der Waals surface area contributed by atoms with Gasteiger partial charge in [0.25, 0.3) is 11.1 Å². The summed E-state index contributed by atoms with van der Waals surface area (Å²) in [7, 11) is 3.21. The molecule has 130 valence electrons. The van der Waals surface area contributed by atoms with Crippen molar-refractivity contribution in [3.63, 3.8) is 0 Å². The van der Waals surface area contributed by atoms with Gasteiger partial charge in [-0.2, -0.15) is 0 Å². The van der Waals surface area contributed by atoms with Gasteiger partial charge in [0, 0.05) is 16.7 Å². The second-order valence-corrected chi connectivity index (χ2v) is 6.88. The van der Waals surface area contributed by atoms with Crippen molar-refractivity contribution in [1.29, 1.82) is 0 Å². The maximum Gasteiger partial charge on any atom is 0.277 e. The maximum atomic E-state index is 5.77. The molecule has 1 aromatic heterocycles. The zero-order valence-corrected chi connectivity index (χ0v) is 15.8. The van der Waals surface area contributed by atoms with Crippen LogP contribution >= 0.6 is 23.5 Å². The van der Waals surface area contributed by atoms with Crippen LogP contribution in [-0.4, -0.2) is 30.7 Å². The summed E-state index contributed by atoms with van der Waals surface area (Å²) in [5.74, 6) is 2.55. The predicted molar refractivity (Wildman–Crippen MR) is 101 cm³/mol. The summed E-state index contributed by atoms with van der Waals surface area (Å²) in [5.41, 5.74) is 1.96. The van der Waals surface area contributed by atoms with Gasteiger partial charge in [0.2, 0.25) is 0 Å². The van der Waals surface area contributed by atoms with E-state index in [0.29, 0.717) is 22.6 Å². The van der Waals surface area contributed by atoms with Crippen LogP contribution in [0.2, 0.25) is 0 Å². The zero-order chi connectivity index (χ0) is 17.6. The molecule has 0 aliphatic heterocycles. The Bertz CT molecular complexity index is 835. The highest BCUT2D eigenvalue weighted by Crippen LogP contribution is 2.34. The van der Waals surface area contributed by atoms with Crippen LogP contribution in [0.25, 0.3) is 11.5 Å². The summed E-state index contributed by atoms with van der Waals surface area (Å²) in [4.78, 5) is 1.25. The molecule has 7 heteroatoms. The minimum atomic E-state index is 0.430. The normalized spacial score (nSPS) is 10.7. The third kappa shape index (κ3) is 4.29. The Balaban J connectivity index is 1.71. The molecule has 0 saturated carbocycles. The minimum absolute atomic E-state index is 0.430. The second-order valence-electron chi connectivity index (χ2n) is 5.08. The van der Waals surface area contributed by atoms with Crippen molar-refractivity contribution in [3.05, 3.63) is 48.0 Å². The Labute approximate surface area is 155 Å². The summed E-state index contributed by atoms with van der Waals surface area (Å²) in [6.07, 6.45) is 2.07. The minimum Gasteiger partial charge on any atom is -0.497 e. The Hall–Kier alpha value is -2.12.